The van der Waals surface area contributed by atoms with Crippen molar-refractivity contribution in [3.63, 3.8) is 0 Å². The van der Waals surface area contributed by atoms with Crippen LogP contribution in [0.15, 0.2) is 0 Å². The first-order chi connectivity index (χ1) is 13.6. The van der Waals surface area contributed by atoms with Gasteiger partial charge in [-0.05, 0) is 97.2 Å². The van der Waals surface area contributed by atoms with Crippen LogP contribution in [0.25, 0.3) is 0 Å². The number of aliphatic hydroxyl groups is 2. The Labute approximate surface area is 176 Å². The van der Waals surface area contributed by atoms with Crippen LogP contribution in [0, 0.1) is 52.3 Å². The van der Waals surface area contributed by atoms with Gasteiger partial charge in [0, 0.05) is 6.42 Å². The Balaban J connectivity index is 1.66. The maximum atomic E-state index is 11.7. The van der Waals surface area contributed by atoms with E-state index in [1.807, 2.05) is 0 Å². The number of carboxylic acid groups (broad SMARTS) is 1. The molecule has 0 aliphatic heterocycles. The quantitative estimate of drug-likeness (QED) is 0.631. The maximum absolute atomic E-state index is 11.7. The summed E-state index contributed by atoms with van der Waals surface area (Å²) < 4.78 is 0. The fourth-order valence-electron chi connectivity index (χ4n) is 9.35. The molecule has 0 aromatic heterocycles. The van der Waals surface area contributed by atoms with Gasteiger partial charge in [0.15, 0.2) is 0 Å². The Hall–Kier alpha value is -0.610. The Morgan fingerprint density at radius 3 is 2.31 bits per heavy atom. The average Bonchev–Trinajstić information content (AvgIpc) is 3.00. The molecule has 4 saturated carbocycles. The molecule has 4 heteroatoms. The summed E-state index contributed by atoms with van der Waals surface area (Å²) in [6.07, 6.45) is 8.21. The molecular formula is C25H42O4. The van der Waals surface area contributed by atoms with Gasteiger partial charge in [-0.1, -0.05) is 34.1 Å². The lowest BCUT2D eigenvalue weighted by Crippen LogP contribution is -2.62. The highest BCUT2D eigenvalue weighted by Crippen LogP contribution is 2.69. The summed E-state index contributed by atoms with van der Waals surface area (Å²) in [7, 11) is 0. The van der Waals surface area contributed by atoms with Crippen LogP contribution in [0.3, 0.4) is 0 Å². The van der Waals surface area contributed by atoms with Gasteiger partial charge in [0.25, 0.3) is 0 Å². The summed E-state index contributed by atoms with van der Waals surface area (Å²) in [4.78, 5) is 11.4. The molecule has 0 aromatic carbocycles. The number of aliphatic carboxylic acids is 1. The van der Waals surface area contributed by atoms with Crippen molar-refractivity contribution >= 4 is 5.97 Å². The highest BCUT2D eigenvalue weighted by molar-refractivity contribution is 5.67. The minimum atomic E-state index is -0.682. The van der Waals surface area contributed by atoms with Gasteiger partial charge in [-0.3, -0.25) is 4.79 Å². The van der Waals surface area contributed by atoms with Gasteiger partial charge in [-0.25, -0.2) is 0 Å². The monoisotopic (exact) mass is 406 g/mol. The van der Waals surface area contributed by atoms with Gasteiger partial charge in [-0.2, -0.15) is 0 Å². The largest absolute Gasteiger partial charge is 0.481 e. The van der Waals surface area contributed by atoms with E-state index in [1.165, 1.54) is 6.42 Å². The van der Waals surface area contributed by atoms with Crippen molar-refractivity contribution in [3.8, 4) is 0 Å². The first-order valence-corrected chi connectivity index (χ1v) is 12.2. The second kappa shape index (κ2) is 7.51. The fourth-order valence-corrected chi connectivity index (χ4v) is 9.35. The number of hydrogen-bond acceptors (Lipinski definition) is 3. The van der Waals surface area contributed by atoms with Crippen molar-refractivity contribution < 1.29 is 20.1 Å². The van der Waals surface area contributed by atoms with Gasteiger partial charge >= 0.3 is 5.97 Å². The molecule has 0 amide bonds. The molecule has 3 unspecified atom stereocenters. The number of aliphatic hydroxyl groups excluding tert-OH is 2. The molecule has 4 rings (SSSR count). The number of carbonyl (C=O) groups is 1. The van der Waals surface area contributed by atoms with Crippen molar-refractivity contribution in [2.45, 2.75) is 97.7 Å². The van der Waals surface area contributed by atoms with Gasteiger partial charge < -0.3 is 15.3 Å². The Morgan fingerprint density at radius 2 is 1.66 bits per heavy atom. The van der Waals surface area contributed by atoms with Crippen LogP contribution in [0.2, 0.25) is 0 Å². The molecule has 4 aliphatic carbocycles. The van der Waals surface area contributed by atoms with Gasteiger partial charge in [0.05, 0.1) is 12.2 Å². The minimum absolute atomic E-state index is 0.159. The molecular weight excluding hydrogens is 364 g/mol. The van der Waals surface area contributed by atoms with E-state index in [0.29, 0.717) is 29.6 Å². The zero-order chi connectivity index (χ0) is 21.1. The normalized spacial score (nSPS) is 52.9. The highest BCUT2D eigenvalue weighted by Gasteiger charge is 2.64. The molecule has 0 aromatic rings. The zero-order valence-electron chi connectivity index (χ0n) is 18.8. The second-order valence-electron chi connectivity index (χ2n) is 11.7. The molecule has 4 nitrogen and oxygen atoms in total. The molecule has 29 heavy (non-hydrogen) atoms. The summed E-state index contributed by atoms with van der Waals surface area (Å²) in [6, 6.07) is 0. The lowest BCUT2D eigenvalue weighted by molar-refractivity contribution is -0.203. The Kier molecular flexibility index (Phi) is 5.60. The first kappa shape index (κ1) is 21.6. The third-order valence-corrected chi connectivity index (χ3v) is 10.6. The van der Waals surface area contributed by atoms with Crippen LogP contribution >= 0.6 is 0 Å². The van der Waals surface area contributed by atoms with Crippen LogP contribution in [0.1, 0.15) is 85.5 Å². The van der Waals surface area contributed by atoms with Crippen LogP contribution < -0.4 is 0 Å². The van der Waals surface area contributed by atoms with E-state index in [4.69, 9.17) is 0 Å². The van der Waals surface area contributed by atoms with E-state index in [9.17, 15) is 20.1 Å². The van der Waals surface area contributed by atoms with E-state index in [0.717, 1.165) is 44.9 Å². The predicted octanol–water partition coefficient (Wildman–Crippen LogP) is 4.72. The third kappa shape index (κ3) is 3.19. The van der Waals surface area contributed by atoms with Crippen LogP contribution in [0.4, 0.5) is 0 Å². The highest BCUT2D eigenvalue weighted by atomic mass is 16.4. The summed E-state index contributed by atoms with van der Waals surface area (Å²) in [6.45, 7) is 9.23. The maximum Gasteiger partial charge on any atom is 0.303 e. The van der Waals surface area contributed by atoms with E-state index in [-0.39, 0.29) is 41.3 Å². The third-order valence-electron chi connectivity index (χ3n) is 10.6. The van der Waals surface area contributed by atoms with Crippen LogP contribution in [-0.4, -0.2) is 33.5 Å². The lowest BCUT2D eigenvalue weighted by atomic mass is 9.41. The molecule has 3 N–H and O–H groups in total. The predicted molar refractivity (Wildman–Crippen MR) is 113 cm³/mol. The number of rotatable bonds is 4. The molecule has 0 spiro atoms. The van der Waals surface area contributed by atoms with E-state index in [1.54, 1.807) is 0 Å². The number of fused-ring (bicyclic) bond motifs is 5. The zero-order valence-corrected chi connectivity index (χ0v) is 18.8. The molecule has 166 valence electrons. The van der Waals surface area contributed by atoms with Gasteiger partial charge in [0.1, 0.15) is 0 Å². The average molecular weight is 407 g/mol. The van der Waals surface area contributed by atoms with E-state index in [2.05, 4.69) is 27.7 Å². The summed E-state index contributed by atoms with van der Waals surface area (Å²) >= 11 is 0. The molecule has 11 atom stereocenters. The molecule has 0 radical (unpaired) electrons. The van der Waals surface area contributed by atoms with Crippen molar-refractivity contribution in [2.24, 2.45) is 52.3 Å². The summed E-state index contributed by atoms with van der Waals surface area (Å²) in [5, 5.41) is 31.4. The van der Waals surface area contributed by atoms with Gasteiger partial charge in [0.2, 0.25) is 0 Å². The Bertz CT molecular complexity index is 634. The van der Waals surface area contributed by atoms with Gasteiger partial charge in [-0.15, -0.1) is 0 Å². The van der Waals surface area contributed by atoms with Crippen LogP contribution in [0.5, 0.6) is 0 Å². The number of carboxylic acids is 1. The fraction of sp³-hybridized carbons (Fsp3) is 0.960. The standard InChI is InChI=1S/C25H42O4/c1-5-16-20-13-15(26)8-10-25(20,4)19-9-11-24(3)17(14(2)12-21(27)28)6-7-18(24)22(19)23(16)29/h14-20,22-23,26,29H,5-13H2,1-4H3,(H,27,28)/t14-,15-,16-,17-,18+,19+,20?,22?,23-,24-,25?/m1/s1. The topological polar surface area (TPSA) is 77.8 Å². The molecule has 4 aliphatic rings. The summed E-state index contributed by atoms with van der Waals surface area (Å²) in [5.41, 5.74) is 0.391. The van der Waals surface area contributed by atoms with E-state index < -0.39 is 5.97 Å². The van der Waals surface area contributed by atoms with Crippen molar-refractivity contribution in [1.29, 1.82) is 0 Å². The molecule has 0 heterocycles. The van der Waals surface area contributed by atoms with Crippen LogP contribution in [-0.2, 0) is 4.79 Å². The lowest BCUT2D eigenvalue weighted by Gasteiger charge is -2.64. The molecule has 4 fully saturated rings. The second-order valence-corrected chi connectivity index (χ2v) is 11.7. The van der Waals surface area contributed by atoms with Crippen molar-refractivity contribution in [1.82, 2.24) is 0 Å². The van der Waals surface area contributed by atoms with Crippen molar-refractivity contribution in [2.75, 3.05) is 0 Å². The molecule has 0 saturated heterocycles. The Morgan fingerprint density at radius 1 is 1.00 bits per heavy atom. The summed E-state index contributed by atoms with van der Waals surface area (Å²) in [5.74, 6) is 2.09. The first-order valence-electron chi connectivity index (χ1n) is 12.2. The van der Waals surface area contributed by atoms with E-state index >= 15 is 0 Å². The number of hydrogen-bond donors (Lipinski definition) is 3. The SMILES string of the molecule is CC[C@@H]1C2C[C@H](O)CCC2(C)[C@H]2CC[C@]3(C)[C@@H]([C@H](C)CC(=O)O)CC[C@H]3C2[C@@H]1O. The molecule has 0 bridgehead atoms. The minimum Gasteiger partial charge on any atom is -0.481 e. The smallest absolute Gasteiger partial charge is 0.303 e. The van der Waals surface area contributed by atoms with Crippen molar-refractivity contribution in [3.05, 3.63) is 0 Å².